The molecule has 1 N–H and O–H groups in total. The maximum absolute atomic E-state index is 11.6. The Morgan fingerprint density at radius 2 is 2.15 bits per heavy atom. The molecule has 0 radical (unpaired) electrons. The number of hydrogen-bond donors (Lipinski definition) is 1. The molecule has 7 nitrogen and oxygen atoms in total. The highest BCUT2D eigenvalue weighted by atomic mass is 127. The van der Waals surface area contributed by atoms with Gasteiger partial charge in [0.2, 0.25) is 0 Å². The molecule has 20 heavy (non-hydrogen) atoms. The predicted molar refractivity (Wildman–Crippen MR) is 72.2 cm³/mol. The summed E-state index contributed by atoms with van der Waals surface area (Å²) in [6, 6.07) is 0. The third-order valence-corrected chi connectivity index (χ3v) is 4.62. The van der Waals surface area contributed by atoms with Gasteiger partial charge < -0.3 is 14.2 Å². The standard InChI is InChI=1S/C12H12INO6/c13-10(14)12(17)18-3-7(15)19-8-4-1-5-6(2-4)11(16)20-9(5)8/h4-6,8-9,14H,1-3H2. The molecular weight excluding hydrogens is 381 g/mol. The molecule has 3 aliphatic rings. The van der Waals surface area contributed by atoms with Crippen molar-refractivity contribution in [3.63, 3.8) is 0 Å². The molecule has 0 aromatic carbocycles. The van der Waals surface area contributed by atoms with Gasteiger partial charge >= 0.3 is 17.9 Å². The number of halogens is 1. The van der Waals surface area contributed by atoms with Gasteiger partial charge in [-0.3, -0.25) is 10.2 Å². The van der Waals surface area contributed by atoms with Crippen LogP contribution < -0.4 is 0 Å². The summed E-state index contributed by atoms with van der Waals surface area (Å²) in [4.78, 5) is 34.3. The Morgan fingerprint density at radius 3 is 2.85 bits per heavy atom. The molecule has 3 fully saturated rings. The van der Waals surface area contributed by atoms with Crippen molar-refractivity contribution >= 4 is 44.2 Å². The Bertz CT molecular complexity index is 506. The van der Waals surface area contributed by atoms with Crippen LogP contribution in [0.25, 0.3) is 0 Å². The second-order valence-electron chi connectivity index (χ2n) is 5.25. The normalized spacial score (nSPS) is 36.6. The molecule has 0 aromatic rings. The Labute approximate surface area is 128 Å². The molecule has 1 saturated heterocycles. The van der Waals surface area contributed by atoms with Crippen LogP contribution in [0.3, 0.4) is 0 Å². The molecule has 5 atom stereocenters. The second-order valence-corrected chi connectivity index (χ2v) is 6.33. The van der Waals surface area contributed by atoms with E-state index in [0.717, 1.165) is 6.42 Å². The first-order chi connectivity index (χ1) is 9.47. The topological polar surface area (TPSA) is 103 Å². The van der Waals surface area contributed by atoms with Gasteiger partial charge in [0.15, 0.2) is 10.3 Å². The van der Waals surface area contributed by atoms with Crippen LogP contribution in [-0.4, -0.2) is 40.4 Å². The van der Waals surface area contributed by atoms with E-state index in [4.69, 9.17) is 14.9 Å². The van der Waals surface area contributed by atoms with Gasteiger partial charge in [0.05, 0.1) is 5.92 Å². The van der Waals surface area contributed by atoms with Crippen molar-refractivity contribution in [1.29, 1.82) is 5.41 Å². The predicted octanol–water partition coefficient (Wildman–Crippen LogP) is 0.435. The van der Waals surface area contributed by atoms with E-state index >= 15 is 0 Å². The minimum absolute atomic E-state index is 0.0303. The molecule has 0 spiro atoms. The van der Waals surface area contributed by atoms with E-state index in [1.165, 1.54) is 22.6 Å². The zero-order valence-corrected chi connectivity index (χ0v) is 12.5. The van der Waals surface area contributed by atoms with Crippen molar-refractivity contribution in [3.8, 4) is 0 Å². The van der Waals surface area contributed by atoms with Crippen LogP contribution in [0.5, 0.6) is 0 Å². The number of hydrogen-bond acceptors (Lipinski definition) is 7. The molecule has 2 aliphatic carbocycles. The van der Waals surface area contributed by atoms with Gasteiger partial charge in [-0.1, -0.05) is 0 Å². The Kier molecular flexibility index (Phi) is 3.43. The quantitative estimate of drug-likeness (QED) is 0.322. The molecule has 0 amide bonds. The van der Waals surface area contributed by atoms with Crippen LogP contribution in [0.4, 0.5) is 0 Å². The number of ether oxygens (including phenoxy) is 3. The Hall–Kier alpha value is -1.19. The highest BCUT2D eigenvalue weighted by Gasteiger charge is 2.63. The van der Waals surface area contributed by atoms with Crippen molar-refractivity contribution in [1.82, 2.24) is 0 Å². The lowest BCUT2D eigenvalue weighted by Crippen LogP contribution is -2.37. The third kappa shape index (κ3) is 2.19. The monoisotopic (exact) mass is 393 g/mol. The van der Waals surface area contributed by atoms with E-state index in [1.54, 1.807) is 0 Å². The highest BCUT2D eigenvalue weighted by Crippen LogP contribution is 2.55. The van der Waals surface area contributed by atoms with E-state index in [9.17, 15) is 14.4 Å². The highest BCUT2D eigenvalue weighted by molar-refractivity contribution is 14.1. The number of fused-ring (bicyclic) bond motifs is 1. The summed E-state index contributed by atoms with van der Waals surface area (Å²) >= 11 is 1.50. The van der Waals surface area contributed by atoms with Crippen molar-refractivity contribution in [2.45, 2.75) is 25.0 Å². The van der Waals surface area contributed by atoms with Crippen LogP contribution in [-0.2, 0) is 28.6 Å². The van der Waals surface area contributed by atoms with E-state index < -0.39 is 24.6 Å². The van der Waals surface area contributed by atoms with Crippen LogP contribution in [0.2, 0.25) is 0 Å². The fourth-order valence-corrected chi connectivity index (χ4v) is 3.59. The number of rotatable bonds is 4. The molecule has 1 aliphatic heterocycles. The minimum atomic E-state index is -0.858. The van der Waals surface area contributed by atoms with Crippen LogP contribution >= 0.6 is 22.6 Å². The summed E-state index contributed by atoms with van der Waals surface area (Å²) in [7, 11) is 0. The van der Waals surface area contributed by atoms with Crippen LogP contribution in [0, 0.1) is 23.2 Å². The number of nitrogens with one attached hydrogen (secondary N) is 1. The smallest absolute Gasteiger partial charge is 0.363 e. The molecule has 108 valence electrons. The van der Waals surface area contributed by atoms with Crippen molar-refractivity contribution in [2.75, 3.05) is 6.61 Å². The van der Waals surface area contributed by atoms with Crippen LogP contribution in [0.15, 0.2) is 0 Å². The molecule has 2 saturated carbocycles. The average molecular weight is 393 g/mol. The SMILES string of the molecule is N=C(I)C(=O)OCC(=O)OC1C2CC3C(=O)OC1C3C2. The molecule has 8 heteroatoms. The molecular formula is C12H12INO6. The largest absolute Gasteiger partial charge is 0.458 e. The first kappa shape index (κ1) is 13.8. The van der Waals surface area contributed by atoms with Crippen molar-refractivity contribution < 1.29 is 28.6 Å². The van der Waals surface area contributed by atoms with Crippen LogP contribution in [0.1, 0.15) is 12.8 Å². The first-order valence-electron chi connectivity index (χ1n) is 6.28. The summed E-state index contributed by atoms with van der Waals surface area (Å²) < 4.78 is 14.8. The third-order valence-electron chi connectivity index (χ3n) is 4.18. The number of esters is 3. The van der Waals surface area contributed by atoms with E-state index in [1.807, 2.05) is 0 Å². The Balaban J connectivity index is 1.54. The van der Waals surface area contributed by atoms with Gasteiger partial charge in [-0.25, -0.2) is 9.59 Å². The Morgan fingerprint density at radius 1 is 1.40 bits per heavy atom. The molecule has 1 heterocycles. The number of carbonyl (C=O) groups is 3. The van der Waals surface area contributed by atoms with E-state index in [0.29, 0.717) is 6.42 Å². The van der Waals surface area contributed by atoms with Crippen molar-refractivity contribution in [3.05, 3.63) is 0 Å². The lowest BCUT2D eigenvalue weighted by Gasteiger charge is -2.25. The molecule has 5 unspecified atom stereocenters. The van der Waals surface area contributed by atoms with Gasteiger partial charge in [0.1, 0.15) is 12.2 Å². The molecule has 2 bridgehead atoms. The van der Waals surface area contributed by atoms with Gasteiger partial charge in [-0.05, 0) is 35.4 Å². The fourth-order valence-electron chi connectivity index (χ4n) is 3.44. The zero-order chi connectivity index (χ0) is 14.4. The fraction of sp³-hybridized carbons (Fsp3) is 0.667. The van der Waals surface area contributed by atoms with E-state index in [-0.39, 0.29) is 33.5 Å². The molecule has 0 aromatic heterocycles. The van der Waals surface area contributed by atoms with Gasteiger partial charge in [0, 0.05) is 11.8 Å². The molecule has 3 rings (SSSR count). The van der Waals surface area contributed by atoms with Gasteiger partial charge in [0.25, 0.3) is 0 Å². The summed E-state index contributed by atoms with van der Waals surface area (Å²) in [5, 5.41) is 7.03. The van der Waals surface area contributed by atoms with Gasteiger partial charge in [-0.2, -0.15) is 0 Å². The summed E-state index contributed by atoms with van der Waals surface area (Å²) in [6.07, 6.45) is 0.787. The zero-order valence-electron chi connectivity index (χ0n) is 10.3. The minimum Gasteiger partial charge on any atom is -0.458 e. The summed E-state index contributed by atoms with van der Waals surface area (Å²) in [6.45, 7) is -0.526. The lowest BCUT2D eigenvalue weighted by atomic mass is 9.88. The first-order valence-corrected chi connectivity index (χ1v) is 7.36. The average Bonchev–Trinajstić information content (AvgIpc) is 3.00. The maximum atomic E-state index is 11.6. The van der Waals surface area contributed by atoms with Gasteiger partial charge in [-0.15, -0.1) is 0 Å². The van der Waals surface area contributed by atoms with Crippen molar-refractivity contribution in [2.24, 2.45) is 17.8 Å². The lowest BCUT2D eigenvalue weighted by molar-refractivity contribution is -0.168. The maximum Gasteiger partial charge on any atom is 0.363 e. The number of carbonyl (C=O) groups excluding carboxylic acids is 3. The second kappa shape index (κ2) is 4.97. The summed E-state index contributed by atoms with van der Waals surface area (Å²) in [5.41, 5.74) is 0. The van der Waals surface area contributed by atoms with E-state index in [2.05, 4.69) is 4.74 Å². The summed E-state index contributed by atoms with van der Waals surface area (Å²) in [5.74, 6) is -1.43.